The Labute approximate surface area is 157 Å². The number of benzene rings is 1. The van der Waals surface area contributed by atoms with Gasteiger partial charge in [-0.05, 0) is 24.6 Å². The van der Waals surface area contributed by atoms with Crippen molar-refractivity contribution in [2.75, 3.05) is 19.6 Å². The van der Waals surface area contributed by atoms with Gasteiger partial charge in [0.05, 0.1) is 12.2 Å². The number of carbonyl (C=O) groups is 3. The van der Waals surface area contributed by atoms with Crippen LogP contribution >= 0.6 is 0 Å². The molecule has 27 heavy (non-hydrogen) atoms. The van der Waals surface area contributed by atoms with Gasteiger partial charge in [0.25, 0.3) is 5.91 Å². The van der Waals surface area contributed by atoms with Gasteiger partial charge < -0.3 is 20.0 Å². The molecule has 3 rings (SSSR count). The van der Waals surface area contributed by atoms with Crippen LogP contribution in [0.2, 0.25) is 0 Å². The van der Waals surface area contributed by atoms with Gasteiger partial charge in [-0.3, -0.25) is 14.4 Å². The van der Waals surface area contributed by atoms with Crippen LogP contribution in [-0.2, 0) is 16.1 Å². The van der Waals surface area contributed by atoms with Crippen LogP contribution < -0.4 is 10.6 Å². The molecule has 1 saturated heterocycles. The SMILES string of the molecule is Cc1ccc(CN2CC(C(=O)NCCNC(=O)c3ccco3)CC2=O)cc1. The molecule has 1 aliphatic heterocycles. The summed E-state index contributed by atoms with van der Waals surface area (Å²) < 4.78 is 4.99. The summed E-state index contributed by atoms with van der Waals surface area (Å²) in [6.45, 7) is 3.54. The molecule has 0 radical (unpaired) electrons. The molecule has 0 bridgehead atoms. The Bertz CT molecular complexity index is 799. The Morgan fingerprint density at radius 3 is 2.59 bits per heavy atom. The molecule has 1 aliphatic rings. The third kappa shape index (κ3) is 4.97. The topological polar surface area (TPSA) is 91.7 Å². The maximum atomic E-state index is 12.3. The van der Waals surface area contributed by atoms with Crippen molar-refractivity contribution < 1.29 is 18.8 Å². The lowest BCUT2D eigenvalue weighted by Crippen LogP contribution is -2.38. The van der Waals surface area contributed by atoms with E-state index in [1.54, 1.807) is 17.0 Å². The lowest BCUT2D eigenvalue weighted by atomic mass is 10.1. The van der Waals surface area contributed by atoms with E-state index in [-0.39, 0.29) is 35.8 Å². The predicted octanol–water partition coefficient (Wildman–Crippen LogP) is 1.48. The van der Waals surface area contributed by atoms with Gasteiger partial charge >= 0.3 is 0 Å². The molecule has 1 unspecified atom stereocenters. The van der Waals surface area contributed by atoms with Crippen molar-refractivity contribution in [1.29, 1.82) is 0 Å². The summed E-state index contributed by atoms with van der Waals surface area (Å²) in [4.78, 5) is 37.9. The first-order valence-corrected chi connectivity index (χ1v) is 8.95. The zero-order chi connectivity index (χ0) is 19.2. The number of rotatable bonds is 7. The van der Waals surface area contributed by atoms with Crippen LogP contribution in [0, 0.1) is 12.8 Å². The summed E-state index contributed by atoms with van der Waals surface area (Å²) in [5.74, 6) is -0.628. The van der Waals surface area contributed by atoms with E-state index >= 15 is 0 Å². The van der Waals surface area contributed by atoms with E-state index in [0.29, 0.717) is 26.2 Å². The van der Waals surface area contributed by atoms with Gasteiger partial charge in [0.2, 0.25) is 11.8 Å². The second kappa shape index (κ2) is 8.53. The maximum Gasteiger partial charge on any atom is 0.287 e. The third-order valence-electron chi connectivity index (χ3n) is 4.53. The molecule has 2 N–H and O–H groups in total. The van der Waals surface area contributed by atoms with Crippen molar-refractivity contribution in [1.82, 2.24) is 15.5 Å². The lowest BCUT2D eigenvalue weighted by Gasteiger charge is -2.17. The molecule has 2 heterocycles. The summed E-state index contributed by atoms with van der Waals surface area (Å²) >= 11 is 0. The van der Waals surface area contributed by atoms with Gasteiger partial charge in [-0.1, -0.05) is 29.8 Å². The Balaban J connectivity index is 1.40. The highest BCUT2D eigenvalue weighted by molar-refractivity contribution is 5.91. The highest BCUT2D eigenvalue weighted by Crippen LogP contribution is 2.20. The first kappa shape index (κ1) is 18.7. The average Bonchev–Trinajstić information content (AvgIpc) is 3.31. The summed E-state index contributed by atoms with van der Waals surface area (Å²) in [5.41, 5.74) is 2.22. The molecule has 2 aromatic rings. The molecular weight excluding hydrogens is 346 g/mol. The molecule has 1 aromatic carbocycles. The minimum absolute atomic E-state index is 0.0122. The average molecular weight is 369 g/mol. The van der Waals surface area contributed by atoms with Gasteiger partial charge in [0.15, 0.2) is 5.76 Å². The molecule has 1 fully saturated rings. The molecule has 142 valence electrons. The van der Waals surface area contributed by atoms with Crippen molar-refractivity contribution >= 4 is 17.7 Å². The normalized spacial score (nSPS) is 16.4. The molecular formula is C20H23N3O4. The zero-order valence-corrected chi connectivity index (χ0v) is 15.2. The standard InChI is InChI=1S/C20H23N3O4/c1-14-4-6-15(7-5-14)12-23-13-16(11-18(23)24)19(25)21-8-9-22-20(26)17-3-2-10-27-17/h2-7,10,16H,8-9,11-13H2,1H3,(H,21,25)(H,22,26). The van der Waals surface area contributed by atoms with E-state index in [0.717, 1.165) is 5.56 Å². The molecule has 7 heteroatoms. The number of nitrogens with zero attached hydrogens (tertiary/aromatic N) is 1. The highest BCUT2D eigenvalue weighted by Gasteiger charge is 2.34. The zero-order valence-electron chi connectivity index (χ0n) is 15.2. The fraction of sp³-hybridized carbons (Fsp3) is 0.350. The van der Waals surface area contributed by atoms with Crippen molar-refractivity contribution in [3.05, 3.63) is 59.5 Å². The minimum atomic E-state index is -0.358. The van der Waals surface area contributed by atoms with E-state index in [2.05, 4.69) is 10.6 Å². The molecule has 0 aliphatic carbocycles. The Hall–Kier alpha value is -3.09. The van der Waals surface area contributed by atoms with Gasteiger partial charge in [0, 0.05) is 32.6 Å². The largest absolute Gasteiger partial charge is 0.459 e. The van der Waals surface area contributed by atoms with Crippen LogP contribution in [0.1, 0.15) is 28.1 Å². The maximum absolute atomic E-state index is 12.3. The summed E-state index contributed by atoms with van der Waals surface area (Å²) in [5, 5.41) is 5.44. The highest BCUT2D eigenvalue weighted by atomic mass is 16.3. The summed E-state index contributed by atoms with van der Waals surface area (Å²) in [6, 6.07) is 11.2. The fourth-order valence-corrected chi connectivity index (χ4v) is 3.02. The number of nitrogens with one attached hydrogen (secondary N) is 2. The number of hydrogen-bond donors (Lipinski definition) is 2. The van der Waals surface area contributed by atoms with Gasteiger partial charge in [0.1, 0.15) is 0 Å². The van der Waals surface area contributed by atoms with Gasteiger partial charge in [-0.2, -0.15) is 0 Å². The molecule has 0 saturated carbocycles. The number of aryl methyl sites for hydroxylation is 1. The van der Waals surface area contributed by atoms with E-state index in [4.69, 9.17) is 4.42 Å². The fourth-order valence-electron chi connectivity index (χ4n) is 3.02. The van der Waals surface area contributed by atoms with E-state index in [1.165, 1.54) is 11.8 Å². The number of hydrogen-bond acceptors (Lipinski definition) is 4. The minimum Gasteiger partial charge on any atom is -0.459 e. The lowest BCUT2D eigenvalue weighted by molar-refractivity contribution is -0.129. The van der Waals surface area contributed by atoms with Crippen LogP contribution in [0.4, 0.5) is 0 Å². The summed E-state index contributed by atoms with van der Waals surface area (Å²) in [7, 11) is 0. The number of carbonyl (C=O) groups excluding carboxylic acids is 3. The molecule has 3 amide bonds. The first-order chi connectivity index (χ1) is 13.0. The smallest absolute Gasteiger partial charge is 0.287 e. The monoisotopic (exact) mass is 369 g/mol. The Morgan fingerprint density at radius 1 is 1.15 bits per heavy atom. The van der Waals surface area contributed by atoms with E-state index in [9.17, 15) is 14.4 Å². The van der Waals surface area contributed by atoms with E-state index < -0.39 is 0 Å². The molecule has 1 aromatic heterocycles. The van der Waals surface area contributed by atoms with Crippen LogP contribution in [0.25, 0.3) is 0 Å². The van der Waals surface area contributed by atoms with Gasteiger partial charge in [-0.25, -0.2) is 0 Å². The second-order valence-electron chi connectivity index (χ2n) is 6.69. The van der Waals surface area contributed by atoms with Crippen LogP contribution in [0.5, 0.6) is 0 Å². The molecule has 1 atom stereocenters. The Kier molecular flexibility index (Phi) is 5.90. The number of likely N-dealkylation sites (tertiary alicyclic amines) is 1. The number of amides is 3. The third-order valence-corrected chi connectivity index (χ3v) is 4.53. The van der Waals surface area contributed by atoms with Crippen LogP contribution in [0.3, 0.4) is 0 Å². The summed E-state index contributed by atoms with van der Waals surface area (Å²) in [6.07, 6.45) is 1.65. The Morgan fingerprint density at radius 2 is 1.89 bits per heavy atom. The predicted molar refractivity (Wildman–Crippen MR) is 98.8 cm³/mol. The van der Waals surface area contributed by atoms with Crippen molar-refractivity contribution in [2.24, 2.45) is 5.92 Å². The molecule has 7 nitrogen and oxygen atoms in total. The first-order valence-electron chi connectivity index (χ1n) is 8.95. The number of furan rings is 1. The second-order valence-corrected chi connectivity index (χ2v) is 6.69. The van der Waals surface area contributed by atoms with Crippen molar-refractivity contribution in [3.63, 3.8) is 0 Å². The van der Waals surface area contributed by atoms with Crippen LogP contribution in [0.15, 0.2) is 47.1 Å². The van der Waals surface area contributed by atoms with Crippen molar-refractivity contribution in [2.45, 2.75) is 19.9 Å². The van der Waals surface area contributed by atoms with Crippen molar-refractivity contribution in [3.8, 4) is 0 Å². The van der Waals surface area contributed by atoms with Gasteiger partial charge in [-0.15, -0.1) is 0 Å². The van der Waals surface area contributed by atoms with Crippen LogP contribution in [-0.4, -0.2) is 42.3 Å². The quantitative estimate of drug-likeness (QED) is 0.723. The van der Waals surface area contributed by atoms with E-state index in [1.807, 2.05) is 31.2 Å². The molecule has 0 spiro atoms.